The van der Waals surface area contributed by atoms with Gasteiger partial charge in [0.1, 0.15) is 18.1 Å². The van der Waals surface area contributed by atoms with Gasteiger partial charge in [-0.05, 0) is 61.7 Å². The molecular formula is C26H36N2O4. The van der Waals surface area contributed by atoms with E-state index in [1.807, 2.05) is 6.92 Å². The summed E-state index contributed by atoms with van der Waals surface area (Å²) in [5.41, 5.74) is 3.67. The third kappa shape index (κ3) is 5.74. The third-order valence-electron chi connectivity index (χ3n) is 6.27. The maximum Gasteiger partial charge on any atom is 0.142 e. The summed E-state index contributed by atoms with van der Waals surface area (Å²) in [7, 11) is 1.75. The smallest absolute Gasteiger partial charge is 0.142 e. The molecule has 0 bridgehead atoms. The van der Waals surface area contributed by atoms with Crippen molar-refractivity contribution in [3.63, 3.8) is 0 Å². The lowest BCUT2D eigenvalue weighted by atomic mass is 9.87. The molecule has 0 radical (unpaired) electrons. The van der Waals surface area contributed by atoms with E-state index in [4.69, 9.17) is 18.9 Å². The lowest BCUT2D eigenvalue weighted by Crippen LogP contribution is -2.41. The van der Waals surface area contributed by atoms with Gasteiger partial charge in [0.15, 0.2) is 0 Å². The van der Waals surface area contributed by atoms with Gasteiger partial charge in [-0.3, -0.25) is 0 Å². The number of piperidine rings is 1. The molecule has 0 aliphatic carbocycles. The van der Waals surface area contributed by atoms with Gasteiger partial charge in [-0.2, -0.15) is 0 Å². The van der Waals surface area contributed by atoms with Crippen LogP contribution < -0.4 is 19.7 Å². The number of ether oxygens (including phenoxy) is 4. The molecule has 1 fully saturated rings. The summed E-state index contributed by atoms with van der Waals surface area (Å²) in [6, 6.07) is 14.9. The molecule has 0 aromatic heterocycles. The number of anilines is 1. The fraction of sp³-hybridized carbons (Fsp3) is 0.538. The molecule has 32 heavy (non-hydrogen) atoms. The van der Waals surface area contributed by atoms with E-state index in [0.29, 0.717) is 19.1 Å². The summed E-state index contributed by atoms with van der Waals surface area (Å²) in [4.78, 5) is 2.40. The second-order valence-electron chi connectivity index (χ2n) is 8.43. The Labute approximate surface area is 191 Å². The van der Waals surface area contributed by atoms with Gasteiger partial charge in [0.05, 0.1) is 31.5 Å². The van der Waals surface area contributed by atoms with Crippen LogP contribution in [0.2, 0.25) is 0 Å². The molecule has 0 amide bonds. The highest BCUT2D eigenvalue weighted by atomic mass is 16.5. The van der Waals surface area contributed by atoms with Crippen molar-refractivity contribution < 1.29 is 18.9 Å². The number of methoxy groups -OCH3 is 1. The van der Waals surface area contributed by atoms with Crippen LogP contribution in [-0.4, -0.2) is 59.2 Å². The molecule has 2 unspecified atom stereocenters. The average molecular weight is 441 g/mol. The van der Waals surface area contributed by atoms with Crippen molar-refractivity contribution in [2.75, 3.05) is 58.0 Å². The first-order valence-corrected chi connectivity index (χ1v) is 11.8. The number of rotatable bonds is 10. The summed E-state index contributed by atoms with van der Waals surface area (Å²) >= 11 is 0. The van der Waals surface area contributed by atoms with Crippen LogP contribution >= 0.6 is 0 Å². The van der Waals surface area contributed by atoms with Crippen molar-refractivity contribution in [2.24, 2.45) is 0 Å². The first-order chi connectivity index (χ1) is 15.8. The van der Waals surface area contributed by atoms with Crippen LogP contribution in [0.5, 0.6) is 11.5 Å². The van der Waals surface area contributed by atoms with E-state index in [9.17, 15) is 0 Å². The highest BCUT2D eigenvalue weighted by Crippen LogP contribution is 2.34. The van der Waals surface area contributed by atoms with Crippen LogP contribution in [0.1, 0.15) is 36.8 Å². The Morgan fingerprint density at radius 3 is 2.84 bits per heavy atom. The standard InChI is InChI=1S/C26H36N2O4/c1-3-30-22-8-6-21(7-9-22)23-11-12-27-18-26(23)32-19-20-5-10-25-24(17-20)28(14-16-31-25)13-4-15-29-2/h5-10,17,23,26-27H,3-4,11-16,18-19H2,1-2H3. The maximum atomic E-state index is 6.47. The van der Waals surface area contributed by atoms with Gasteiger partial charge in [0.25, 0.3) is 0 Å². The fourth-order valence-corrected chi connectivity index (χ4v) is 4.61. The van der Waals surface area contributed by atoms with Crippen molar-refractivity contribution >= 4 is 5.69 Å². The largest absolute Gasteiger partial charge is 0.494 e. The minimum absolute atomic E-state index is 0.145. The first-order valence-electron chi connectivity index (χ1n) is 11.8. The predicted octanol–water partition coefficient (Wildman–Crippen LogP) is 3.98. The number of hydrogen-bond donors (Lipinski definition) is 1. The molecule has 2 aliphatic rings. The van der Waals surface area contributed by atoms with Crippen molar-refractivity contribution in [1.82, 2.24) is 5.32 Å². The SMILES string of the molecule is CCOc1ccc(C2CCNCC2OCc2ccc3c(c2)N(CCCOC)CCO3)cc1. The lowest BCUT2D eigenvalue weighted by molar-refractivity contribution is 0.0106. The normalized spacial score (nSPS) is 20.5. The highest BCUT2D eigenvalue weighted by molar-refractivity contribution is 5.61. The molecular weight excluding hydrogens is 404 g/mol. The van der Waals surface area contributed by atoms with Crippen LogP contribution in [0.15, 0.2) is 42.5 Å². The Morgan fingerprint density at radius 1 is 1.16 bits per heavy atom. The van der Waals surface area contributed by atoms with E-state index in [2.05, 4.69) is 52.7 Å². The third-order valence-corrected chi connectivity index (χ3v) is 6.27. The lowest BCUT2D eigenvalue weighted by Gasteiger charge is -2.33. The molecule has 2 aromatic rings. The molecule has 1 N–H and O–H groups in total. The topological polar surface area (TPSA) is 52.2 Å². The molecule has 1 saturated heterocycles. The first kappa shape index (κ1) is 22.9. The molecule has 2 atom stereocenters. The number of hydrogen-bond acceptors (Lipinski definition) is 6. The Balaban J connectivity index is 1.41. The summed E-state index contributed by atoms with van der Waals surface area (Å²) in [5.74, 6) is 2.27. The monoisotopic (exact) mass is 440 g/mol. The van der Waals surface area contributed by atoms with E-state index in [-0.39, 0.29) is 6.10 Å². The molecule has 6 heteroatoms. The van der Waals surface area contributed by atoms with Gasteiger partial charge in [-0.25, -0.2) is 0 Å². The van der Waals surface area contributed by atoms with Gasteiger partial charge in [-0.1, -0.05) is 18.2 Å². The van der Waals surface area contributed by atoms with E-state index in [0.717, 1.165) is 63.7 Å². The number of nitrogens with zero attached hydrogens (tertiary/aromatic N) is 1. The second kappa shape index (κ2) is 11.5. The Kier molecular flexibility index (Phi) is 8.26. The molecule has 2 heterocycles. The zero-order valence-electron chi connectivity index (χ0n) is 19.3. The molecule has 0 spiro atoms. The van der Waals surface area contributed by atoms with Gasteiger partial charge in [0.2, 0.25) is 0 Å². The van der Waals surface area contributed by atoms with E-state index >= 15 is 0 Å². The molecule has 6 nitrogen and oxygen atoms in total. The Hall–Kier alpha value is -2.28. The summed E-state index contributed by atoms with van der Waals surface area (Å²) in [6.45, 7) is 8.57. The zero-order chi connectivity index (χ0) is 22.2. The maximum absolute atomic E-state index is 6.47. The zero-order valence-corrected chi connectivity index (χ0v) is 19.3. The molecule has 174 valence electrons. The van der Waals surface area contributed by atoms with Gasteiger partial charge >= 0.3 is 0 Å². The van der Waals surface area contributed by atoms with Crippen LogP contribution in [0.4, 0.5) is 5.69 Å². The molecule has 4 rings (SSSR count). The molecule has 2 aromatic carbocycles. The fourth-order valence-electron chi connectivity index (χ4n) is 4.61. The Bertz CT molecular complexity index is 842. The molecule has 2 aliphatic heterocycles. The minimum Gasteiger partial charge on any atom is -0.494 e. The van der Waals surface area contributed by atoms with Crippen LogP contribution in [0.3, 0.4) is 0 Å². The van der Waals surface area contributed by atoms with Gasteiger partial charge in [-0.15, -0.1) is 0 Å². The van der Waals surface area contributed by atoms with Crippen molar-refractivity contribution in [1.29, 1.82) is 0 Å². The average Bonchev–Trinajstić information content (AvgIpc) is 2.84. The quantitative estimate of drug-likeness (QED) is 0.564. The highest BCUT2D eigenvalue weighted by Gasteiger charge is 2.27. The van der Waals surface area contributed by atoms with Gasteiger partial charge < -0.3 is 29.2 Å². The number of nitrogens with one attached hydrogen (secondary N) is 1. The van der Waals surface area contributed by atoms with Crippen LogP contribution in [0.25, 0.3) is 0 Å². The Morgan fingerprint density at radius 2 is 2.03 bits per heavy atom. The predicted molar refractivity (Wildman–Crippen MR) is 127 cm³/mol. The van der Waals surface area contributed by atoms with Gasteiger partial charge in [0, 0.05) is 32.7 Å². The van der Waals surface area contributed by atoms with Crippen molar-refractivity contribution in [3.8, 4) is 11.5 Å². The van der Waals surface area contributed by atoms with Crippen LogP contribution in [0, 0.1) is 0 Å². The van der Waals surface area contributed by atoms with Crippen LogP contribution in [-0.2, 0) is 16.1 Å². The van der Waals surface area contributed by atoms with E-state index < -0.39 is 0 Å². The second-order valence-corrected chi connectivity index (χ2v) is 8.43. The number of benzene rings is 2. The van der Waals surface area contributed by atoms with E-state index in [1.165, 1.54) is 16.8 Å². The summed E-state index contributed by atoms with van der Waals surface area (Å²) in [5, 5.41) is 3.50. The van der Waals surface area contributed by atoms with Crippen molar-refractivity contribution in [3.05, 3.63) is 53.6 Å². The number of fused-ring (bicyclic) bond motifs is 1. The van der Waals surface area contributed by atoms with Crippen molar-refractivity contribution in [2.45, 2.75) is 38.4 Å². The minimum atomic E-state index is 0.145. The summed E-state index contributed by atoms with van der Waals surface area (Å²) < 4.78 is 23.2. The summed E-state index contributed by atoms with van der Waals surface area (Å²) in [6.07, 6.45) is 2.23. The van der Waals surface area contributed by atoms with E-state index in [1.54, 1.807) is 7.11 Å². The molecule has 0 saturated carbocycles.